The summed E-state index contributed by atoms with van der Waals surface area (Å²) in [7, 11) is 0. The van der Waals surface area contributed by atoms with Gasteiger partial charge in [-0.05, 0) is 35.9 Å². The van der Waals surface area contributed by atoms with Gasteiger partial charge in [0.1, 0.15) is 17.2 Å². The molecule has 0 saturated heterocycles. The Labute approximate surface area is 123 Å². The van der Waals surface area contributed by atoms with Crippen molar-refractivity contribution in [3.8, 4) is 28.4 Å². The fourth-order valence-electron chi connectivity index (χ4n) is 2.13. The minimum atomic E-state index is 0.266. The first-order valence-corrected chi connectivity index (χ1v) is 6.64. The maximum atomic E-state index is 9.85. The van der Waals surface area contributed by atoms with Gasteiger partial charge in [0.2, 0.25) is 0 Å². The van der Waals surface area contributed by atoms with Crippen LogP contribution >= 0.6 is 0 Å². The molecule has 0 aliphatic heterocycles. The molecule has 0 heterocycles. The fraction of sp³-hybridized carbons (Fsp3) is 0. The number of nitrogen functional groups attached to an aromatic ring is 1. The highest BCUT2D eigenvalue weighted by atomic mass is 16.5. The zero-order valence-electron chi connectivity index (χ0n) is 11.4. The molecular formula is C18H15NO2. The van der Waals surface area contributed by atoms with Gasteiger partial charge in [0.15, 0.2) is 0 Å². The van der Waals surface area contributed by atoms with E-state index in [1.807, 2.05) is 54.6 Å². The van der Waals surface area contributed by atoms with Crippen molar-refractivity contribution in [2.24, 2.45) is 0 Å². The number of benzene rings is 3. The molecule has 104 valence electrons. The molecular weight excluding hydrogens is 262 g/mol. The normalized spacial score (nSPS) is 10.3. The van der Waals surface area contributed by atoms with E-state index in [4.69, 9.17) is 10.5 Å². The first kappa shape index (κ1) is 13.1. The standard InChI is InChI=1S/C18H15NO2/c19-14-4-3-5-16(12-14)21-15-10-8-13(9-11-15)17-6-1-2-7-18(17)20/h1-12,20H,19H2. The minimum absolute atomic E-state index is 0.266. The first-order chi connectivity index (χ1) is 10.2. The van der Waals surface area contributed by atoms with E-state index >= 15 is 0 Å². The number of para-hydroxylation sites is 1. The van der Waals surface area contributed by atoms with Crippen molar-refractivity contribution >= 4 is 5.69 Å². The molecule has 3 heteroatoms. The van der Waals surface area contributed by atoms with Gasteiger partial charge in [-0.1, -0.05) is 36.4 Å². The molecule has 0 spiro atoms. The summed E-state index contributed by atoms with van der Waals surface area (Å²) >= 11 is 0. The van der Waals surface area contributed by atoms with Crippen molar-refractivity contribution in [1.29, 1.82) is 0 Å². The Bertz CT molecular complexity index is 751. The Morgan fingerprint density at radius 2 is 1.52 bits per heavy atom. The zero-order chi connectivity index (χ0) is 14.7. The van der Waals surface area contributed by atoms with Crippen molar-refractivity contribution in [3.63, 3.8) is 0 Å². The van der Waals surface area contributed by atoms with E-state index in [0.717, 1.165) is 16.9 Å². The predicted octanol–water partition coefficient (Wildman–Crippen LogP) is 4.43. The SMILES string of the molecule is Nc1cccc(Oc2ccc(-c3ccccc3O)cc2)c1. The van der Waals surface area contributed by atoms with Crippen molar-refractivity contribution in [3.05, 3.63) is 72.8 Å². The molecule has 21 heavy (non-hydrogen) atoms. The molecule has 0 atom stereocenters. The number of rotatable bonds is 3. The Morgan fingerprint density at radius 1 is 0.762 bits per heavy atom. The maximum absolute atomic E-state index is 9.85. The van der Waals surface area contributed by atoms with Gasteiger partial charge in [-0.15, -0.1) is 0 Å². The largest absolute Gasteiger partial charge is 0.507 e. The van der Waals surface area contributed by atoms with E-state index in [-0.39, 0.29) is 5.75 Å². The van der Waals surface area contributed by atoms with Gasteiger partial charge in [-0.3, -0.25) is 0 Å². The molecule has 0 aliphatic rings. The monoisotopic (exact) mass is 277 g/mol. The summed E-state index contributed by atoms with van der Waals surface area (Å²) in [5.41, 5.74) is 8.12. The van der Waals surface area contributed by atoms with Gasteiger partial charge in [-0.25, -0.2) is 0 Å². The van der Waals surface area contributed by atoms with Gasteiger partial charge < -0.3 is 15.6 Å². The third kappa shape index (κ3) is 2.98. The first-order valence-electron chi connectivity index (χ1n) is 6.64. The Balaban J connectivity index is 1.83. The molecule has 0 unspecified atom stereocenters. The van der Waals surface area contributed by atoms with Crippen LogP contribution in [0.25, 0.3) is 11.1 Å². The second-order valence-corrected chi connectivity index (χ2v) is 4.72. The van der Waals surface area contributed by atoms with Crippen LogP contribution in [-0.2, 0) is 0 Å². The van der Waals surface area contributed by atoms with Crippen molar-refractivity contribution in [1.82, 2.24) is 0 Å². The lowest BCUT2D eigenvalue weighted by molar-refractivity contribution is 0.477. The van der Waals surface area contributed by atoms with Crippen LogP contribution in [0.15, 0.2) is 72.8 Å². The summed E-state index contributed by atoms with van der Waals surface area (Å²) in [4.78, 5) is 0. The highest BCUT2D eigenvalue weighted by Crippen LogP contribution is 2.31. The molecule has 3 N–H and O–H groups in total. The molecule has 0 aromatic heterocycles. The van der Waals surface area contributed by atoms with Crippen molar-refractivity contribution in [2.45, 2.75) is 0 Å². The Hall–Kier alpha value is -2.94. The average molecular weight is 277 g/mol. The number of phenolic OH excluding ortho intramolecular Hbond substituents is 1. The highest BCUT2D eigenvalue weighted by Gasteiger charge is 2.04. The third-order valence-corrected chi connectivity index (χ3v) is 3.16. The number of hydrogen-bond acceptors (Lipinski definition) is 3. The maximum Gasteiger partial charge on any atom is 0.129 e. The second-order valence-electron chi connectivity index (χ2n) is 4.72. The Morgan fingerprint density at radius 3 is 2.24 bits per heavy atom. The van der Waals surface area contributed by atoms with Gasteiger partial charge >= 0.3 is 0 Å². The average Bonchev–Trinajstić information content (AvgIpc) is 2.49. The van der Waals surface area contributed by atoms with Crippen LogP contribution in [-0.4, -0.2) is 5.11 Å². The highest BCUT2D eigenvalue weighted by molar-refractivity contribution is 5.70. The molecule has 0 radical (unpaired) electrons. The topological polar surface area (TPSA) is 55.5 Å². The number of ether oxygens (including phenoxy) is 1. The van der Waals surface area contributed by atoms with Crippen LogP contribution in [0.1, 0.15) is 0 Å². The lowest BCUT2D eigenvalue weighted by Crippen LogP contribution is -1.87. The van der Waals surface area contributed by atoms with E-state index in [1.54, 1.807) is 18.2 Å². The second kappa shape index (κ2) is 5.59. The van der Waals surface area contributed by atoms with Crippen molar-refractivity contribution < 1.29 is 9.84 Å². The van der Waals surface area contributed by atoms with Crippen LogP contribution in [0.2, 0.25) is 0 Å². The molecule has 0 amide bonds. The summed E-state index contributed by atoms with van der Waals surface area (Å²) in [6, 6.07) is 22.1. The minimum Gasteiger partial charge on any atom is -0.507 e. The van der Waals surface area contributed by atoms with E-state index in [1.165, 1.54) is 0 Å². The fourth-order valence-corrected chi connectivity index (χ4v) is 2.13. The molecule has 3 nitrogen and oxygen atoms in total. The van der Waals surface area contributed by atoms with Crippen LogP contribution in [0, 0.1) is 0 Å². The van der Waals surface area contributed by atoms with Crippen LogP contribution in [0.3, 0.4) is 0 Å². The Kier molecular flexibility index (Phi) is 3.48. The number of phenols is 1. The number of hydrogen-bond donors (Lipinski definition) is 2. The van der Waals surface area contributed by atoms with Gasteiger partial charge in [0.05, 0.1) is 0 Å². The van der Waals surface area contributed by atoms with E-state index in [9.17, 15) is 5.11 Å². The smallest absolute Gasteiger partial charge is 0.129 e. The molecule has 0 aliphatic carbocycles. The lowest BCUT2D eigenvalue weighted by Gasteiger charge is -2.08. The molecule has 0 fully saturated rings. The summed E-state index contributed by atoms with van der Waals surface area (Å²) in [5.74, 6) is 1.69. The molecule has 0 bridgehead atoms. The van der Waals surface area contributed by atoms with Gasteiger partial charge in [0.25, 0.3) is 0 Å². The summed E-state index contributed by atoms with van der Waals surface area (Å²) in [6.07, 6.45) is 0. The van der Waals surface area contributed by atoms with Crippen LogP contribution in [0.4, 0.5) is 5.69 Å². The van der Waals surface area contributed by atoms with Gasteiger partial charge in [-0.2, -0.15) is 0 Å². The van der Waals surface area contributed by atoms with Gasteiger partial charge in [0, 0.05) is 17.3 Å². The molecule has 3 aromatic rings. The quantitative estimate of drug-likeness (QED) is 0.696. The molecule has 3 rings (SSSR count). The summed E-state index contributed by atoms with van der Waals surface area (Å²) < 4.78 is 5.74. The predicted molar refractivity (Wildman–Crippen MR) is 84.5 cm³/mol. The number of anilines is 1. The van der Waals surface area contributed by atoms with Crippen molar-refractivity contribution in [2.75, 3.05) is 5.73 Å². The number of nitrogens with two attached hydrogens (primary N) is 1. The van der Waals surface area contributed by atoms with E-state index < -0.39 is 0 Å². The van der Waals surface area contributed by atoms with Crippen LogP contribution in [0.5, 0.6) is 17.2 Å². The van der Waals surface area contributed by atoms with E-state index in [2.05, 4.69) is 0 Å². The summed E-state index contributed by atoms with van der Waals surface area (Å²) in [5, 5.41) is 9.85. The lowest BCUT2D eigenvalue weighted by atomic mass is 10.0. The van der Waals surface area contributed by atoms with Crippen LogP contribution < -0.4 is 10.5 Å². The third-order valence-electron chi connectivity index (χ3n) is 3.16. The van der Waals surface area contributed by atoms with E-state index in [0.29, 0.717) is 11.4 Å². The molecule has 3 aromatic carbocycles. The number of aromatic hydroxyl groups is 1. The molecule has 0 saturated carbocycles. The summed E-state index contributed by atoms with van der Waals surface area (Å²) in [6.45, 7) is 0. The zero-order valence-corrected chi connectivity index (χ0v) is 11.4.